The van der Waals surface area contributed by atoms with E-state index in [0.29, 0.717) is 17.4 Å². The molecule has 1 aliphatic heterocycles. The summed E-state index contributed by atoms with van der Waals surface area (Å²) in [5.41, 5.74) is 7.03. The minimum Gasteiger partial charge on any atom is -0.507 e. The van der Waals surface area contributed by atoms with Crippen LogP contribution in [0.15, 0.2) is 17.2 Å². The number of hydrazone groups is 1. The maximum atomic E-state index is 10.2. The van der Waals surface area contributed by atoms with Gasteiger partial charge in [0.05, 0.1) is 11.8 Å². The van der Waals surface area contributed by atoms with Crippen LogP contribution in [-0.2, 0) is 11.2 Å². The van der Waals surface area contributed by atoms with E-state index in [4.69, 9.17) is 17.0 Å². The van der Waals surface area contributed by atoms with Gasteiger partial charge in [-0.05, 0) is 68.4 Å². The SMILES string of the molecule is Cc1ccc(O)c2c1CCC/C2=N\NC(=S)NC[C@@H]1CCCO1. The normalized spacial score (nSPS) is 22.0. The number of benzene rings is 1. The van der Waals surface area contributed by atoms with E-state index in [1.54, 1.807) is 6.07 Å². The number of thiocarbonyl (C=S) groups is 1. The Hall–Kier alpha value is -1.66. The molecule has 5 nitrogen and oxygen atoms in total. The first-order valence-electron chi connectivity index (χ1n) is 8.19. The van der Waals surface area contributed by atoms with Crippen LogP contribution < -0.4 is 10.7 Å². The zero-order valence-electron chi connectivity index (χ0n) is 13.4. The van der Waals surface area contributed by atoms with Gasteiger partial charge in [0.1, 0.15) is 5.75 Å². The van der Waals surface area contributed by atoms with Crippen molar-refractivity contribution in [3.8, 4) is 5.75 Å². The molecule has 23 heavy (non-hydrogen) atoms. The van der Waals surface area contributed by atoms with Crippen molar-refractivity contribution in [3.63, 3.8) is 0 Å². The summed E-state index contributed by atoms with van der Waals surface area (Å²) < 4.78 is 5.55. The number of aromatic hydroxyl groups is 1. The van der Waals surface area contributed by atoms with Crippen LogP contribution in [0, 0.1) is 6.92 Å². The third-order valence-corrected chi connectivity index (χ3v) is 4.70. The molecule has 1 aromatic rings. The van der Waals surface area contributed by atoms with Crippen molar-refractivity contribution < 1.29 is 9.84 Å². The maximum Gasteiger partial charge on any atom is 0.187 e. The molecule has 1 aliphatic carbocycles. The lowest BCUT2D eigenvalue weighted by Gasteiger charge is -2.21. The molecule has 1 atom stereocenters. The zero-order valence-corrected chi connectivity index (χ0v) is 14.2. The molecular formula is C17H23N3O2S. The quantitative estimate of drug-likeness (QED) is 0.585. The molecule has 124 valence electrons. The third-order valence-electron chi connectivity index (χ3n) is 4.46. The second-order valence-corrected chi connectivity index (χ2v) is 6.53. The summed E-state index contributed by atoms with van der Waals surface area (Å²) in [7, 11) is 0. The molecular weight excluding hydrogens is 310 g/mol. The Morgan fingerprint density at radius 2 is 2.26 bits per heavy atom. The monoisotopic (exact) mass is 333 g/mol. The summed E-state index contributed by atoms with van der Waals surface area (Å²) in [5.74, 6) is 0.295. The molecule has 0 radical (unpaired) electrons. The van der Waals surface area contributed by atoms with Crippen molar-refractivity contribution in [1.29, 1.82) is 0 Å². The molecule has 1 fully saturated rings. The molecule has 2 aliphatic rings. The van der Waals surface area contributed by atoms with E-state index in [1.807, 2.05) is 6.07 Å². The number of hydrogen-bond donors (Lipinski definition) is 3. The van der Waals surface area contributed by atoms with Gasteiger partial charge < -0.3 is 15.2 Å². The van der Waals surface area contributed by atoms with Crippen LogP contribution in [0.1, 0.15) is 42.4 Å². The molecule has 1 aromatic carbocycles. The summed E-state index contributed by atoms with van der Waals surface area (Å²) in [6, 6.07) is 3.70. The van der Waals surface area contributed by atoms with Gasteiger partial charge in [0.2, 0.25) is 0 Å². The second-order valence-electron chi connectivity index (χ2n) is 6.12. The number of nitrogens with one attached hydrogen (secondary N) is 2. The minimum absolute atomic E-state index is 0.240. The first-order chi connectivity index (χ1) is 11.1. The van der Waals surface area contributed by atoms with Gasteiger partial charge in [-0.3, -0.25) is 5.43 Å². The summed E-state index contributed by atoms with van der Waals surface area (Å²) in [6.07, 6.45) is 5.29. The third kappa shape index (κ3) is 3.82. The summed E-state index contributed by atoms with van der Waals surface area (Å²) >= 11 is 5.27. The van der Waals surface area contributed by atoms with E-state index in [2.05, 4.69) is 22.8 Å². The predicted molar refractivity (Wildman–Crippen MR) is 95.0 cm³/mol. The van der Waals surface area contributed by atoms with Crippen molar-refractivity contribution in [2.45, 2.75) is 45.1 Å². The lowest BCUT2D eigenvalue weighted by molar-refractivity contribution is 0.114. The fourth-order valence-corrected chi connectivity index (χ4v) is 3.35. The standard InChI is InChI=1S/C17H23N3O2S/c1-11-7-8-15(21)16-13(11)5-2-6-14(16)19-20-17(23)18-10-12-4-3-9-22-12/h7-8,12,21H,2-6,9-10H2,1H3,(H2,18,20,23)/b19-14+/t12-/m0/s1. The Balaban J connectivity index is 1.64. The van der Waals surface area contributed by atoms with Gasteiger partial charge in [-0.2, -0.15) is 5.10 Å². The van der Waals surface area contributed by atoms with E-state index in [-0.39, 0.29) is 6.10 Å². The van der Waals surface area contributed by atoms with Crippen molar-refractivity contribution in [1.82, 2.24) is 10.7 Å². The molecule has 3 N–H and O–H groups in total. The van der Waals surface area contributed by atoms with Crippen LogP contribution in [0.25, 0.3) is 0 Å². The topological polar surface area (TPSA) is 65.9 Å². The molecule has 0 amide bonds. The molecule has 0 aromatic heterocycles. The largest absolute Gasteiger partial charge is 0.507 e. The molecule has 0 saturated carbocycles. The van der Waals surface area contributed by atoms with Crippen LogP contribution in [0.3, 0.4) is 0 Å². The fourth-order valence-electron chi connectivity index (χ4n) is 3.22. The van der Waals surface area contributed by atoms with Gasteiger partial charge in [-0.1, -0.05) is 6.07 Å². The van der Waals surface area contributed by atoms with E-state index in [0.717, 1.165) is 50.0 Å². The lowest BCUT2D eigenvalue weighted by atomic mass is 9.86. The average molecular weight is 333 g/mol. The van der Waals surface area contributed by atoms with Crippen molar-refractivity contribution >= 4 is 23.0 Å². The summed E-state index contributed by atoms with van der Waals surface area (Å²) in [4.78, 5) is 0. The van der Waals surface area contributed by atoms with Crippen molar-refractivity contribution in [2.24, 2.45) is 5.10 Å². The molecule has 1 saturated heterocycles. The number of phenols is 1. The van der Waals surface area contributed by atoms with E-state index >= 15 is 0 Å². The van der Waals surface area contributed by atoms with Gasteiger partial charge in [-0.25, -0.2) is 0 Å². The Morgan fingerprint density at radius 3 is 3.04 bits per heavy atom. The lowest BCUT2D eigenvalue weighted by Crippen LogP contribution is -2.37. The fraction of sp³-hybridized carbons (Fsp3) is 0.529. The highest BCUT2D eigenvalue weighted by molar-refractivity contribution is 7.80. The number of hydrogen-bond acceptors (Lipinski definition) is 4. The highest BCUT2D eigenvalue weighted by atomic mass is 32.1. The first-order valence-corrected chi connectivity index (χ1v) is 8.60. The number of aryl methyl sites for hydroxylation is 1. The van der Waals surface area contributed by atoms with Crippen LogP contribution in [0.2, 0.25) is 0 Å². The Morgan fingerprint density at radius 1 is 1.39 bits per heavy atom. The van der Waals surface area contributed by atoms with Crippen LogP contribution in [0.5, 0.6) is 5.75 Å². The van der Waals surface area contributed by atoms with Gasteiger partial charge in [-0.15, -0.1) is 0 Å². The van der Waals surface area contributed by atoms with E-state index < -0.39 is 0 Å². The molecule has 0 spiro atoms. The first kappa shape index (κ1) is 16.2. The number of rotatable bonds is 3. The van der Waals surface area contributed by atoms with Gasteiger partial charge in [0.25, 0.3) is 0 Å². The van der Waals surface area contributed by atoms with Gasteiger partial charge >= 0.3 is 0 Å². The zero-order chi connectivity index (χ0) is 16.2. The van der Waals surface area contributed by atoms with Crippen LogP contribution in [-0.4, -0.2) is 35.2 Å². The molecule has 0 bridgehead atoms. The highest BCUT2D eigenvalue weighted by Crippen LogP contribution is 2.31. The summed E-state index contributed by atoms with van der Waals surface area (Å²) in [6.45, 7) is 3.62. The maximum absolute atomic E-state index is 10.2. The second kappa shape index (κ2) is 7.27. The Labute approximate surface area is 142 Å². The number of nitrogens with zero attached hydrogens (tertiary/aromatic N) is 1. The molecule has 6 heteroatoms. The highest BCUT2D eigenvalue weighted by Gasteiger charge is 2.21. The smallest absolute Gasteiger partial charge is 0.187 e. The number of ether oxygens (including phenoxy) is 1. The van der Waals surface area contributed by atoms with Gasteiger partial charge in [0.15, 0.2) is 5.11 Å². The molecule has 0 unspecified atom stereocenters. The van der Waals surface area contributed by atoms with E-state index in [1.165, 1.54) is 11.1 Å². The molecule has 3 rings (SSSR count). The Bertz CT molecular complexity index is 625. The van der Waals surface area contributed by atoms with Crippen molar-refractivity contribution in [2.75, 3.05) is 13.2 Å². The van der Waals surface area contributed by atoms with Crippen LogP contribution >= 0.6 is 12.2 Å². The Kier molecular flexibility index (Phi) is 5.13. The van der Waals surface area contributed by atoms with E-state index in [9.17, 15) is 5.11 Å². The number of fused-ring (bicyclic) bond motifs is 1. The predicted octanol–water partition coefficient (Wildman–Crippen LogP) is 2.38. The molecule has 1 heterocycles. The average Bonchev–Trinajstić information content (AvgIpc) is 3.08. The van der Waals surface area contributed by atoms with Crippen molar-refractivity contribution in [3.05, 3.63) is 28.8 Å². The van der Waals surface area contributed by atoms with Crippen LogP contribution in [0.4, 0.5) is 0 Å². The minimum atomic E-state index is 0.240. The number of phenolic OH excluding ortho intramolecular Hbond substituents is 1. The van der Waals surface area contributed by atoms with Gasteiger partial charge in [0, 0.05) is 18.7 Å². The summed E-state index contributed by atoms with van der Waals surface area (Å²) in [5, 5.41) is 18.3.